The van der Waals surface area contributed by atoms with Crippen molar-refractivity contribution in [1.29, 1.82) is 0 Å². The van der Waals surface area contributed by atoms with Crippen LogP contribution in [0.4, 0.5) is 0 Å². The highest BCUT2D eigenvalue weighted by Gasteiger charge is 2.02. The van der Waals surface area contributed by atoms with Crippen LogP contribution < -0.4 is 10.0 Å². The highest BCUT2D eigenvalue weighted by Crippen LogP contribution is 2.02. The van der Waals surface area contributed by atoms with Crippen molar-refractivity contribution in [3.63, 3.8) is 0 Å². The molecule has 1 rings (SSSR count). The molecule has 2 N–H and O–H groups in total. The Morgan fingerprint density at radius 1 is 1.18 bits per heavy atom. The molecule has 0 fully saturated rings. The van der Waals surface area contributed by atoms with E-state index in [1.54, 1.807) is 6.08 Å². The summed E-state index contributed by atoms with van der Waals surface area (Å²) < 4.78 is 25.6. The highest BCUT2D eigenvalue weighted by molar-refractivity contribution is 7.92. The first kappa shape index (κ1) is 13.9. The largest absolute Gasteiger partial charge is 0.320 e. The maximum Gasteiger partial charge on any atom is 0.233 e. The SMILES string of the molecule is CNCCCNS(=O)(=O)/C=C/c1ccccc1. The van der Waals surface area contributed by atoms with Gasteiger partial charge in [-0.15, -0.1) is 0 Å². The van der Waals surface area contributed by atoms with Crippen LogP contribution in [0.25, 0.3) is 6.08 Å². The molecule has 0 radical (unpaired) electrons. The van der Waals surface area contributed by atoms with E-state index < -0.39 is 10.0 Å². The summed E-state index contributed by atoms with van der Waals surface area (Å²) in [6.07, 6.45) is 2.36. The van der Waals surface area contributed by atoms with Crippen LogP contribution in [0.5, 0.6) is 0 Å². The Morgan fingerprint density at radius 3 is 2.53 bits per heavy atom. The minimum absolute atomic E-state index is 0.447. The average Bonchev–Trinajstić information content (AvgIpc) is 2.34. The van der Waals surface area contributed by atoms with Crippen molar-refractivity contribution in [3.8, 4) is 0 Å². The predicted molar refractivity (Wildman–Crippen MR) is 70.9 cm³/mol. The summed E-state index contributed by atoms with van der Waals surface area (Å²) in [6, 6.07) is 9.33. The van der Waals surface area contributed by atoms with Crippen LogP contribution in [-0.2, 0) is 10.0 Å². The summed E-state index contributed by atoms with van der Waals surface area (Å²) in [7, 11) is -1.48. The van der Waals surface area contributed by atoms with Gasteiger partial charge in [-0.2, -0.15) is 0 Å². The van der Waals surface area contributed by atoms with Crippen LogP contribution in [0, 0.1) is 0 Å². The third-order valence-corrected chi connectivity index (χ3v) is 3.25. The van der Waals surface area contributed by atoms with Crippen LogP contribution in [-0.4, -0.2) is 28.6 Å². The molecule has 0 unspecified atom stereocenters. The van der Waals surface area contributed by atoms with E-state index in [0.717, 1.165) is 18.5 Å². The molecule has 0 saturated heterocycles. The van der Waals surface area contributed by atoms with Gasteiger partial charge in [0, 0.05) is 12.0 Å². The van der Waals surface area contributed by atoms with E-state index >= 15 is 0 Å². The number of nitrogens with one attached hydrogen (secondary N) is 2. The maximum atomic E-state index is 11.5. The standard InChI is InChI=1S/C12H18N2O2S/c1-13-9-5-10-14-17(15,16)11-8-12-6-3-2-4-7-12/h2-4,6-8,11,13-14H,5,9-10H2,1H3/b11-8+. The summed E-state index contributed by atoms with van der Waals surface area (Å²) in [5.41, 5.74) is 0.869. The van der Waals surface area contributed by atoms with Crippen molar-refractivity contribution in [1.82, 2.24) is 10.0 Å². The van der Waals surface area contributed by atoms with Crippen LogP contribution >= 0.6 is 0 Å². The smallest absolute Gasteiger partial charge is 0.233 e. The van der Waals surface area contributed by atoms with Gasteiger partial charge in [0.05, 0.1) is 0 Å². The zero-order valence-electron chi connectivity index (χ0n) is 9.89. The van der Waals surface area contributed by atoms with Crippen molar-refractivity contribution in [2.75, 3.05) is 20.1 Å². The Hall–Kier alpha value is -1.17. The number of sulfonamides is 1. The zero-order valence-corrected chi connectivity index (χ0v) is 10.7. The lowest BCUT2D eigenvalue weighted by molar-refractivity contribution is 0.586. The van der Waals surface area contributed by atoms with Crippen molar-refractivity contribution >= 4 is 16.1 Å². The normalized spacial score (nSPS) is 12.1. The molecule has 0 saturated carbocycles. The summed E-state index contributed by atoms with van der Waals surface area (Å²) in [5, 5.41) is 4.16. The summed E-state index contributed by atoms with van der Waals surface area (Å²) in [4.78, 5) is 0. The van der Waals surface area contributed by atoms with Gasteiger partial charge in [-0.3, -0.25) is 0 Å². The Labute approximate surface area is 103 Å². The van der Waals surface area contributed by atoms with Crippen LogP contribution in [0.2, 0.25) is 0 Å². The summed E-state index contributed by atoms with van der Waals surface area (Å²) >= 11 is 0. The van der Waals surface area contributed by atoms with Gasteiger partial charge < -0.3 is 5.32 Å². The first-order valence-corrected chi connectivity index (χ1v) is 7.06. The second kappa shape index (κ2) is 7.21. The van der Waals surface area contributed by atoms with E-state index in [2.05, 4.69) is 10.0 Å². The highest BCUT2D eigenvalue weighted by atomic mass is 32.2. The van der Waals surface area contributed by atoms with E-state index in [4.69, 9.17) is 0 Å². The molecule has 0 heterocycles. The third-order valence-electron chi connectivity index (χ3n) is 2.15. The minimum atomic E-state index is -3.32. The number of benzene rings is 1. The average molecular weight is 254 g/mol. The van der Waals surface area contributed by atoms with Gasteiger partial charge in [-0.25, -0.2) is 13.1 Å². The first-order valence-electron chi connectivity index (χ1n) is 5.51. The molecule has 1 aromatic carbocycles. The number of hydrogen-bond acceptors (Lipinski definition) is 3. The molecule has 5 heteroatoms. The molecular formula is C12H18N2O2S. The van der Waals surface area contributed by atoms with Gasteiger partial charge in [0.2, 0.25) is 10.0 Å². The second-order valence-corrected chi connectivity index (χ2v) is 5.26. The predicted octanol–water partition coefficient (Wildman–Crippen LogP) is 1.19. The molecule has 17 heavy (non-hydrogen) atoms. The minimum Gasteiger partial charge on any atom is -0.320 e. The van der Waals surface area contributed by atoms with Gasteiger partial charge >= 0.3 is 0 Å². The fourth-order valence-corrected chi connectivity index (χ4v) is 2.12. The Morgan fingerprint density at radius 2 is 1.88 bits per heavy atom. The second-order valence-electron chi connectivity index (χ2n) is 3.61. The molecule has 1 aromatic rings. The third kappa shape index (κ3) is 6.21. The number of rotatable bonds is 7. The molecule has 0 amide bonds. The van der Waals surface area contributed by atoms with E-state index in [1.807, 2.05) is 37.4 Å². The fraction of sp³-hybridized carbons (Fsp3) is 0.333. The van der Waals surface area contributed by atoms with Crippen LogP contribution in [0.3, 0.4) is 0 Å². The lowest BCUT2D eigenvalue weighted by atomic mass is 10.2. The quantitative estimate of drug-likeness (QED) is 0.719. The monoisotopic (exact) mass is 254 g/mol. The molecule has 0 bridgehead atoms. The molecule has 0 aliphatic rings. The van der Waals surface area contributed by atoms with Crippen molar-refractivity contribution < 1.29 is 8.42 Å². The lowest BCUT2D eigenvalue weighted by Crippen LogP contribution is -2.24. The van der Waals surface area contributed by atoms with Crippen molar-refractivity contribution in [3.05, 3.63) is 41.3 Å². The van der Waals surface area contributed by atoms with Gasteiger partial charge in [0.1, 0.15) is 0 Å². The fourth-order valence-electron chi connectivity index (χ4n) is 1.26. The molecule has 0 spiro atoms. The number of hydrogen-bond donors (Lipinski definition) is 2. The van der Waals surface area contributed by atoms with Gasteiger partial charge in [-0.05, 0) is 31.7 Å². The Kier molecular flexibility index (Phi) is 5.90. The van der Waals surface area contributed by atoms with Crippen LogP contribution in [0.15, 0.2) is 35.7 Å². The van der Waals surface area contributed by atoms with Gasteiger partial charge in [0.15, 0.2) is 0 Å². The zero-order chi connectivity index (χ0) is 12.6. The Balaban J connectivity index is 2.46. The van der Waals surface area contributed by atoms with Crippen molar-refractivity contribution in [2.45, 2.75) is 6.42 Å². The van der Waals surface area contributed by atoms with E-state index in [1.165, 1.54) is 5.41 Å². The summed E-state index contributed by atoms with van der Waals surface area (Å²) in [6.45, 7) is 1.24. The van der Waals surface area contributed by atoms with Crippen LogP contribution in [0.1, 0.15) is 12.0 Å². The van der Waals surface area contributed by atoms with E-state index in [0.29, 0.717) is 6.54 Å². The Bertz CT molecular complexity index is 441. The van der Waals surface area contributed by atoms with Gasteiger partial charge in [0.25, 0.3) is 0 Å². The molecule has 0 aromatic heterocycles. The van der Waals surface area contributed by atoms with E-state index in [9.17, 15) is 8.42 Å². The molecule has 0 aliphatic heterocycles. The topological polar surface area (TPSA) is 58.2 Å². The molecule has 0 aliphatic carbocycles. The van der Waals surface area contributed by atoms with Crippen molar-refractivity contribution in [2.24, 2.45) is 0 Å². The molecular weight excluding hydrogens is 236 g/mol. The lowest BCUT2D eigenvalue weighted by Gasteiger charge is -2.02. The first-order chi connectivity index (χ1) is 8.14. The molecule has 4 nitrogen and oxygen atoms in total. The molecule has 0 atom stereocenters. The summed E-state index contributed by atoms with van der Waals surface area (Å²) in [5.74, 6) is 0. The maximum absolute atomic E-state index is 11.5. The molecule has 94 valence electrons. The van der Waals surface area contributed by atoms with Gasteiger partial charge in [-0.1, -0.05) is 30.3 Å². The van der Waals surface area contributed by atoms with E-state index in [-0.39, 0.29) is 0 Å².